The number of rotatable bonds is 11. The van der Waals surface area contributed by atoms with Crippen LogP contribution in [0.1, 0.15) is 17.5 Å². The van der Waals surface area contributed by atoms with Crippen LogP contribution < -0.4 is 15.9 Å². The Hall–Kier alpha value is -5.24. The lowest BCUT2D eigenvalue weighted by atomic mass is 10.2. The summed E-state index contributed by atoms with van der Waals surface area (Å²) in [7, 11) is 0. The van der Waals surface area contributed by atoms with Gasteiger partial charge in [-0.15, -0.1) is 0 Å². The molecule has 1 aliphatic rings. The zero-order chi connectivity index (χ0) is 33.5. The number of ether oxygens (including phenoxy) is 1. The summed E-state index contributed by atoms with van der Waals surface area (Å²) >= 11 is 1.05. The molecule has 1 heterocycles. The molecule has 0 radical (unpaired) electrons. The van der Waals surface area contributed by atoms with Crippen molar-refractivity contribution in [2.45, 2.75) is 24.8 Å². The van der Waals surface area contributed by atoms with Crippen molar-refractivity contribution in [3.8, 4) is 0 Å². The fourth-order valence-corrected chi connectivity index (χ4v) is 11.4. The lowest BCUT2D eigenvalue weighted by molar-refractivity contribution is -0.384. The van der Waals surface area contributed by atoms with Crippen LogP contribution in [0.2, 0.25) is 0 Å². The quantitative estimate of drug-likeness (QED) is 0.0571. The Bertz CT molecular complexity index is 1890. The van der Waals surface area contributed by atoms with E-state index in [0.29, 0.717) is 5.56 Å². The molecule has 10 heteroatoms. The Morgan fingerprint density at radius 2 is 1.21 bits per heavy atom. The molecule has 0 aromatic heterocycles. The lowest BCUT2D eigenvalue weighted by Crippen LogP contribution is -2.58. The largest absolute Gasteiger partial charge is 0.456 e. The third kappa shape index (κ3) is 6.74. The Balaban J connectivity index is 1.53. The average Bonchev–Trinajstić information content (AvgIpc) is 3.12. The number of carbonyl (C=O) groups excluding carboxylic acids is 3. The SMILES string of the molecule is O=C(Cc1ccccc1)S[C@H]1CC(=O)N1C(C(=O)OCc1ccc([N+](=O)[O-])cc1)=P(c1ccccc1)(c1ccccc1)c1ccccc1. The van der Waals surface area contributed by atoms with Gasteiger partial charge in [0.05, 0.1) is 16.7 Å². The minimum atomic E-state index is -3.13. The second-order valence-electron chi connectivity index (χ2n) is 11.1. The number of carbonyl (C=O) groups is 3. The van der Waals surface area contributed by atoms with Crippen LogP contribution in [0, 0.1) is 10.1 Å². The fourth-order valence-electron chi connectivity index (χ4n) is 5.79. The molecule has 0 saturated carbocycles. The van der Waals surface area contributed by atoms with E-state index in [1.54, 1.807) is 0 Å². The molecule has 5 aromatic carbocycles. The first-order valence-corrected chi connectivity index (χ1v) is 17.9. The van der Waals surface area contributed by atoms with Gasteiger partial charge in [-0.25, -0.2) is 4.79 Å². The van der Waals surface area contributed by atoms with E-state index in [1.807, 2.05) is 121 Å². The van der Waals surface area contributed by atoms with Gasteiger partial charge in [-0.1, -0.05) is 133 Å². The molecule has 240 valence electrons. The van der Waals surface area contributed by atoms with Crippen molar-refractivity contribution in [1.29, 1.82) is 0 Å². The number of benzene rings is 5. The number of hydrogen-bond donors (Lipinski definition) is 0. The predicted molar refractivity (Wildman–Crippen MR) is 191 cm³/mol. The first-order chi connectivity index (χ1) is 23.4. The second kappa shape index (κ2) is 14.7. The normalized spacial score (nSPS) is 14.1. The Morgan fingerprint density at radius 1 is 0.729 bits per heavy atom. The standard InChI is InChI=1S/C38H31N2O6PS/c41-34-26-35(48-36(42)25-28-13-5-1-6-14-28)39(34)37(38(43)46-27-29-21-23-30(24-22-29)40(44)45)47(31-15-7-2-8-16-31,32-17-9-3-10-18-32)33-19-11-4-12-20-33/h1-24,35H,25-27H2/t35-/m0/s1. The van der Waals surface area contributed by atoms with Crippen LogP contribution in [0.3, 0.4) is 0 Å². The van der Waals surface area contributed by atoms with Crippen molar-refractivity contribution >= 4 is 62.7 Å². The molecule has 0 N–H and O–H groups in total. The fraction of sp³-hybridized carbons (Fsp3) is 0.105. The lowest BCUT2D eigenvalue weighted by Gasteiger charge is -2.44. The molecule has 1 saturated heterocycles. The zero-order valence-corrected chi connectivity index (χ0v) is 27.5. The Kier molecular flexibility index (Phi) is 9.99. The van der Waals surface area contributed by atoms with Crippen LogP contribution >= 0.6 is 18.6 Å². The van der Waals surface area contributed by atoms with Gasteiger partial charge in [0.15, 0.2) is 5.12 Å². The number of likely N-dealkylation sites (tertiary alicyclic amines) is 1. The minimum Gasteiger partial charge on any atom is -0.456 e. The van der Waals surface area contributed by atoms with Gasteiger partial charge in [-0.2, -0.15) is 0 Å². The molecule has 48 heavy (non-hydrogen) atoms. The summed E-state index contributed by atoms with van der Waals surface area (Å²) in [6.07, 6.45) is 0.267. The summed E-state index contributed by atoms with van der Waals surface area (Å²) in [5.74, 6) is -0.984. The second-order valence-corrected chi connectivity index (χ2v) is 15.6. The maximum atomic E-state index is 14.7. The highest BCUT2D eigenvalue weighted by atomic mass is 32.2. The Morgan fingerprint density at radius 3 is 1.67 bits per heavy atom. The third-order valence-electron chi connectivity index (χ3n) is 8.04. The summed E-state index contributed by atoms with van der Waals surface area (Å²) in [4.78, 5) is 54.0. The van der Waals surface area contributed by atoms with Crippen molar-refractivity contribution in [2.24, 2.45) is 0 Å². The molecule has 8 nitrogen and oxygen atoms in total. The maximum Gasteiger partial charge on any atom is 0.356 e. The topological polar surface area (TPSA) is 107 Å². The molecule has 0 spiro atoms. The van der Waals surface area contributed by atoms with Crippen molar-refractivity contribution in [1.82, 2.24) is 4.90 Å². The van der Waals surface area contributed by atoms with Crippen molar-refractivity contribution < 1.29 is 24.0 Å². The van der Waals surface area contributed by atoms with E-state index in [2.05, 4.69) is 0 Å². The van der Waals surface area contributed by atoms with Crippen LogP contribution in [-0.2, 0) is 32.1 Å². The summed E-state index contributed by atoms with van der Waals surface area (Å²) in [5, 5.41) is 13.0. The number of β-lactam (4-membered cyclic amide) rings is 1. The van der Waals surface area contributed by atoms with E-state index in [1.165, 1.54) is 29.2 Å². The smallest absolute Gasteiger partial charge is 0.356 e. The number of non-ortho nitro benzene ring substituents is 1. The van der Waals surface area contributed by atoms with Gasteiger partial charge in [0.1, 0.15) is 12.0 Å². The summed E-state index contributed by atoms with van der Waals surface area (Å²) in [5.41, 5.74) is 1.51. The molecule has 1 atom stereocenters. The van der Waals surface area contributed by atoms with Gasteiger partial charge in [-0.3, -0.25) is 24.6 Å². The Labute approximate surface area is 282 Å². The molecule has 0 aliphatic carbocycles. The van der Waals surface area contributed by atoms with E-state index in [0.717, 1.165) is 33.2 Å². The highest BCUT2D eigenvalue weighted by molar-refractivity contribution is 8.14. The van der Waals surface area contributed by atoms with Crippen LogP contribution in [-0.4, -0.2) is 37.6 Å². The highest BCUT2D eigenvalue weighted by Crippen LogP contribution is 2.49. The third-order valence-corrected chi connectivity index (χ3v) is 13.3. The van der Waals surface area contributed by atoms with Crippen LogP contribution in [0.15, 0.2) is 146 Å². The molecular weight excluding hydrogens is 643 g/mol. The van der Waals surface area contributed by atoms with Gasteiger partial charge >= 0.3 is 5.97 Å². The molecule has 5 aromatic rings. The molecule has 0 bridgehead atoms. The molecule has 1 fully saturated rings. The van der Waals surface area contributed by atoms with Crippen LogP contribution in [0.5, 0.6) is 0 Å². The van der Waals surface area contributed by atoms with E-state index < -0.39 is 23.2 Å². The van der Waals surface area contributed by atoms with Gasteiger partial charge in [0.2, 0.25) is 5.91 Å². The van der Waals surface area contributed by atoms with E-state index in [-0.39, 0.29) is 41.6 Å². The van der Waals surface area contributed by atoms with E-state index in [4.69, 9.17) is 4.74 Å². The zero-order valence-electron chi connectivity index (χ0n) is 25.8. The summed E-state index contributed by atoms with van der Waals surface area (Å²) in [6.45, 7) is -3.31. The molecule has 0 unspecified atom stereocenters. The number of nitrogens with zero attached hydrogens (tertiary/aromatic N) is 2. The highest BCUT2D eigenvalue weighted by Gasteiger charge is 2.48. The summed E-state index contributed by atoms with van der Waals surface area (Å²) in [6, 6.07) is 44.1. The molecule has 6 rings (SSSR count). The van der Waals surface area contributed by atoms with Crippen molar-refractivity contribution in [2.75, 3.05) is 0 Å². The van der Waals surface area contributed by atoms with Gasteiger partial charge in [0, 0.05) is 25.4 Å². The average molecular weight is 675 g/mol. The van der Waals surface area contributed by atoms with Crippen LogP contribution in [0.4, 0.5) is 5.69 Å². The molecular formula is C38H31N2O6PS. The van der Waals surface area contributed by atoms with Crippen molar-refractivity contribution in [3.05, 3.63) is 167 Å². The van der Waals surface area contributed by atoms with Gasteiger partial charge in [-0.05, 0) is 39.2 Å². The number of esters is 1. The van der Waals surface area contributed by atoms with E-state index >= 15 is 0 Å². The molecule has 1 aliphatic heterocycles. The number of nitro benzene ring substituents is 1. The van der Waals surface area contributed by atoms with Gasteiger partial charge in [0.25, 0.3) is 5.69 Å². The van der Waals surface area contributed by atoms with Crippen molar-refractivity contribution in [3.63, 3.8) is 0 Å². The monoisotopic (exact) mass is 674 g/mol. The molecule has 1 amide bonds. The van der Waals surface area contributed by atoms with Gasteiger partial charge < -0.3 is 4.74 Å². The predicted octanol–water partition coefficient (Wildman–Crippen LogP) is 5.82. The first kappa shape index (κ1) is 32.7. The maximum absolute atomic E-state index is 14.7. The minimum absolute atomic E-state index is 0.0780. The van der Waals surface area contributed by atoms with Crippen LogP contribution in [0.25, 0.3) is 0 Å². The first-order valence-electron chi connectivity index (χ1n) is 15.3. The number of amides is 1. The number of thioether (sulfide) groups is 1. The number of hydrogen-bond acceptors (Lipinski definition) is 7. The number of nitro groups is 1. The summed E-state index contributed by atoms with van der Waals surface area (Å²) < 4.78 is 6.01. The van der Waals surface area contributed by atoms with E-state index in [9.17, 15) is 24.5 Å².